The summed E-state index contributed by atoms with van der Waals surface area (Å²) in [5.74, 6) is 0.903. The number of aryl methyl sites for hydroxylation is 1. The van der Waals surface area contributed by atoms with Gasteiger partial charge in [-0.2, -0.15) is 0 Å². The highest BCUT2D eigenvalue weighted by Gasteiger charge is 2.16. The van der Waals surface area contributed by atoms with Gasteiger partial charge in [0.2, 0.25) is 0 Å². The second-order valence-electron chi connectivity index (χ2n) is 6.28. The number of nitrogens with one attached hydrogen (secondary N) is 2. The first-order chi connectivity index (χ1) is 13.5. The molecule has 2 N–H and O–H groups in total. The largest absolute Gasteiger partial charge is 0.493 e. The number of benzene rings is 2. The molecule has 0 saturated heterocycles. The fourth-order valence-corrected chi connectivity index (χ4v) is 3.04. The van der Waals surface area contributed by atoms with Crippen molar-refractivity contribution in [3.05, 3.63) is 52.0 Å². The topological polar surface area (TPSA) is 68.8 Å². The fraction of sp³-hybridized carbons (Fsp3) is 0.381. The predicted octanol–water partition coefficient (Wildman–Crippen LogP) is 3.91. The van der Waals surface area contributed by atoms with Crippen LogP contribution in [-0.2, 0) is 16.1 Å². The van der Waals surface area contributed by atoms with Gasteiger partial charge in [-0.3, -0.25) is 4.79 Å². The van der Waals surface area contributed by atoms with Gasteiger partial charge >= 0.3 is 0 Å². The van der Waals surface area contributed by atoms with Crippen LogP contribution in [0.25, 0.3) is 0 Å². The zero-order chi connectivity index (χ0) is 20.4. The Labute approximate surface area is 174 Å². The molecule has 0 unspecified atom stereocenters. The lowest BCUT2D eigenvalue weighted by Gasteiger charge is -2.17. The highest BCUT2D eigenvalue weighted by atomic mass is 79.9. The third kappa shape index (κ3) is 6.82. The maximum atomic E-state index is 12.3. The molecule has 0 heterocycles. The number of hydrogen-bond donors (Lipinski definition) is 2. The van der Waals surface area contributed by atoms with E-state index in [-0.39, 0.29) is 12.5 Å². The molecule has 0 saturated carbocycles. The molecule has 152 valence electrons. The highest BCUT2D eigenvalue weighted by Crippen LogP contribution is 2.36. The van der Waals surface area contributed by atoms with Crippen molar-refractivity contribution in [2.24, 2.45) is 0 Å². The van der Waals surface area contributed by atoms with Gasteiger partial charge in [0.25, 0.3) is 5.91 Å². The Kier molecular flexibility index (Phi) is 9.27. The smallest absolute Gasteiger partial charge is 0.262 e. The van der Waals surface area contributed by atoms with Crippen LogP contribution < -0.4 is 20.1 Å². The summed E-state index contributed by atoms with van der Waals surface area (Å²) in [6, 6.07) is 11.3. The Morgan fingerprint density at radius 3 is 2.54 bits per heavy atom. The molecule has 0 fully saturated rings. The molecule has 6 nitrogen and oxygen atoms in total. The third-order valence-corrected chi connectivity index (χ3v) is 4.82. The van der Waals surface area contributed by atoms with E-state index in [9.17, 15) is 4.79 Å². The van der Waals surface area contributed by atoms with Gasteiger partial charge in [-0.15, -0.1) is 0 Å². The van der Waals surface area contributed by atoms with E-state index >= 15 is 0 Å². The SMILES string of the molecule is COCCCNCc1c(Br)ccc(OC)c1OCC(=O)Nc1ccc(C)cc1. The van der Waals surface area contributed by atoms with E-state index < -0.39 is 0 Å². The van der Waals surface area contributed by atoms with E-state index in [2.05, 4.69) is 26.6 Å². The Bertz CT molecular complexity index is 766. The number of ether oxygens (including phenoxy) is 3. The minimum Gasteiger partial charge on any atom is -0.493 e. The molecule has 7 heteroatoms. The summed E-state index contributed by atoms with van der Waals surface area (Å²) in [6.45, 7) is 3.98. The Balaban J connectivity index is 2.02. The standard InChI is InChI=1S/C21H27BrN2O4/c1-15-5-7-16(8-6-15)24-20(25)14-28-21-17(13-23-11-4-12-26-2)18(22)9-10-19(21)27-3/h5-10,23H,4,11-14H2,1-3H3,(H,24,25). The van der Waals surface area contributed by atoms with E-state index in [0.29, 0.717) is 24.7 Å². The summed E-state index contributed by atoms with van der Waals surface area (Å²) < 4.78 is 17.2. The first-order valence-corrected chi connectivity index (χ1v) is 9.88. The Morgan fingerprint density at radius 1 is 1.11 bits per heavy atom. The van der Waals surface area contributed by atoms with Crippen molar-refractivity contribution in [2.75, 3.05) is 39.3 Å². The first-order valence-electron chi connectivity index (χ1n) is 9.09. The third-order valence-electron chi connectivity index (χ3n) is 4.07. The molecule has 0 aromatic heterocycles. The number of carbonyl (C=O) groups is 1. The van der Waals surface area contributed by atoms with Gasteiger partial charge in [0.05, 0.1) is 7.11 Å². The lowest BCUT2D eigenvalue weighted by atomic mass is 10.1. The molecule has 0 aliphatic heterocycles. The summed E-state index contributed by atoms with van der Waals surface area (Å²) in [6.07, 6.45) is 0.910. The van der Waals surface area contributed by atoms with Gasteiger partial charge < -0.3 is 24.8 Å². The van der Waals surface area contributed by atoms with Crippen molar-refractivity contribution in [2.45, 2.75) is 19.9 Å². The molecule has 0 aliphatic carbocycles. The zero-order valence-electron chi connectivity index (χ0n) is 16.5. The van der Waals surface area contributed by atoms with Gasteiger partial charge in [-0.05, 0) is 44.2 Å². The number of hydrogen-bond acceptors (Lipinski definition) is 5. The van der Waals surface area contributed by atoms with Crippen LogP contribution in [0.15, 0.2) is 40.9 Å². The lowest BCUT2D eigenvalue weighted by molar-refractivity contribution is -0.118. The summed E-state index contributed by atoms with van der Waals surface area (Å²) >= 11 is 3.56. The van der Waals surface area contributed by atoms with Gasteiger partial charge in [0, 0.05) is 36.0 Å². The van der Waals surface area contributed by atoms with Crippen LogP contribution in [0.3, 0.4) is 0 Å². The summed E-state index contributed by atoms with van der Waals surface area (Å²) in [5, 5.41) is 6.19. The van der Waals surface area contributed by atoms with Crippen molar-refractivity contribution >= 4 is 27.5 Å². The van der Waals surface area contributed by atoms with Crippen molar-refractivity contribution in [1.29, 1.82) is 0 Å². The van der Waals surface area contributed by atoms with Gasteiger partial charge in [-0.1, -0.05) is 33.6 Å². The molecule has 0 aliphatic rings. The molecule has 2 rings (SSSR count). The van der Waals surface area contributed by atoms with E-state index in [0.717, 1.165) is 34.3 Å². The molecule has 0 atom stereocenters. The summed E-state index contributed by atoms with van der Waals surface area (Å²) in [4.78, 5) is 12.3. The number of halogens is 1. The first kappa shape index (κ1) is 22.2. The predicted molar refractivity (Wildman–Crippen MR) is 114 cm³/mol. The molecule has 0 radical (unpaired) electrons. The van der Waals surface area contributed by atoms with Crippen LogP contribution in [0.2, 0.25) is 0 Å². The number of carbonyl (C=O) groups excluding carboxylic acids is 1. The van der Waals surface area contributed by atoms with Crippen molar-refractivity contribution in [1.82, 2.24) is 5.32 Å². The van der Waals surface area contributed by atoms with Crippen molar-refractivity contribution in [3.63, 3.8) is 0 Å². The maximum absolute atomic E-state index is 12.3. The zero-order valence-corrected chi connectivity index (χ0v) is 18.1. The van der Waals surface area contributed by atoms with Crippen LogP contribution in [0.5, 0.6) is 11.5 Å². The van der Waals surface area contributed by atoms with E-state index in [4.69, 9.17) is 14.2 Å². The summed E-state index contributed by atoms with van der Waals surface area (Å²) in [7, 11) is 3.27. The van der Waals surface area contributed by atoms with Crippen LogP contribution in [0, 0.1) is 6.92 Å². The normalized spacial score (nSPS) is 10.6. The molecule has 2 aromatic carbocycles. The van der Waals surface area contributed by atoms with Crippen LogP contribution >= 0.6 is 15.9 Å². The number of rotatable bonds is 11. The van der Waals surface area contributed by atoms with Gasteiger partial charge in [0.1, 0.15) is 0 Å². The quantitative estimate of drug-likeness (QED) is 0.507. The van der Waals surface area contributed by atoms with Gasteiger partial charge in [-0.25, -0.2) is 0 Å². The van der Waals surface area contributed by atoms with E-state index in [1.807, 2.05) is 43.3 Å². The molecular formula is C21H27BrN2O4. The number of methoxy groups -OCH3 is 2. The van der Waals surface area contributed by atoms with Crippen molar-refractivity contribution in [3.8, 4) is 11.5 Å². The molecule has 2 aromatic rings. The Hall–Kier alpha value is -2.09. The minimum absolute atomic E-state index is 0.114. The van der Waals surface area contributed by atoms with Crippen molar-refractivity contribution < 1.29 is 19.0 Å². The molecule has 28 heavy (non-hydrogen) atoms. The fourth-order valence-electron chi connectivity index (χ4n) is 2.59. The highest BCUT2D eigenvalue weighted by molar-refractivity contribution is 9.10. The van der Waals surface area contributed by atoms with E-state index in [1.54, 1.807) is 14.2 Å². The number of amides is 1. The maximum Gasteiger partial charge on any atom is 0.262 e. The van der Waals surface area contributed by atoms with E-state index in [1.165, 1.54) is 0 Å². The number of anilines is 1. The Morgan fingerprint density at radius 2 is 1.86 bits per heavy atom. The second-order valence-corrected chi connectivity index (χ2v) is 7.14. The lowest BCUT2D eigenvalue weighted by Crippen LogP contribution is -2.22. The molecule has 1 amide bonds. The summed E-state index contributed by atoms with van der Waals surface area (Å²) in [5.41, 5.74) is 2.77. The van der Waals surface area contributed by atoms with Crippen LogP contribution in [0.4, 0.5) is 5.69 Å². The average molecular weight is 451 g/mol. The average Bonchev–Trinajstić information content (AvgIpc) is 2.69. The van der Waals surface area contributed by atoms with Gasteiger partial charge in [0.15, 0.2) is 18.1 Å². The van der Waals surface area contributed by atoms with Crippen LogP contribution in [-0.4, -0.2) is 39.9 Å². The monoisotopic (exact) mass is 450 g/mol. The van der Waals surface area contributed by atoms with Crippen LogP contribution in [0.1, 0.15) is 17.5 Å². The molecule has 0 bridgehead atoms. The molecular weight excluding hydrogens is 424 g/mol. The second kappa shape index (κ2) is 11.7. The molecule has 0 spiro atoms. The minimum atomic E-state index is -0.232.